The first-order valence-electron chi connectivity index (χ1n) is 7.21. The van der Waals surface area contributed by atoms with E-state index in [4.69, 9.17) is 0 Å². The van der Waals surface area contributed by atoms with Crippen LogP contribution in [0, 0.1) is 0 Å². The molecule has 0 amide bonds. The molecule has 0 radical (unpaired) electrons. The molecule has 0 heterocycles. The Hall–Kier alpha value is -2.06. The van der Waals surface area contributed by atoms with Crippen LogP contribution in [0.1, 0.15) is 18.1 Å². The Balaban J connectivity index is 2.29. The summed E-state index contributed by atoms with van der Waals surface area (Å²) < 4.78 is 77.2. The van der Waals surface area contributed by atoms with Crippen molar-refractivity contribution in [3.8, 4) is 11.1 Å². The molecule has 0 aromatic heterocycles. The van der Waals surface area contributed by atoms with E-state index in [1.165, 1.54) is 42.5 Å². The number of nitrogens with one attached hydrogen (secondary N) is 1. The van der Waals surface area contributed by atoms with Crippen LogP contribution in [0.5, 0.6) is 0 Å². The monoisotopic (exact) mass is 363 g/mol. The van der Waals surface area contributed by atoms with Crippen LogP contribution in [0.2, 0.25) is 0 Å². The molecule has 0 saturated carbocycles. The zero-order chi connectivity index (χ0) is 18.9. The maximum absolute atomic E-state index is 13.1. The van der Waals surface area contributed by atoms with Gasteiger partial charge in [-0.15, -0.1) is 0 Å². The molecule has 0 aliphatic carbocycles. The molecule has 0 saturated heterocycles. The van der Waals surface area contributed by atoms with Crippen LogP contribution in [-0.4, -0.2) is 17.0 Å². The van der Waals surface area contributed by atoms with E-state index in [2.05, 4.69) is 0 Å². The maximum atomic E-state index is 13.1. The van der Waals surface area contributed by atoms with Crippen molar-refractivity contribution < 1.29 is 31.4 Å². The summed E-state index contributed by atoms with van der Waals surface area (Å²) in [6.45, 7) is 0.199. The minimum absolute atomic E-state index is 0.0700. The molecule has 1 unspecified atom stereocenters. The van der Waals surface area contributed by atoms with Crippen molar-refractivity contribution in [1.29, 1.82) is 0 Å². The third kappa shape index (κ3) is 4.52. The Bertz CT molecular complexity index is 736. The molecule has 0 fully saturated rings. The molecule has 2 nitrogen and oxygen atoms in total. The molecule has 2 N–H and O–H groups in total. The summed E-state index contributed by atoms with van der Waals surface area (Å²) in [5, 5.41) is 11.3. The molecule has 8 heteroatoms. The van der Waals surface area contributed by atoms with Crippen LogP contribution >= 0.6 is 0 Å². The van der Waals surface area contributed by atoms with Gasteiger partial charge >= 0.3 is 12.4 Å². The first-order chi connectivity index (χ1) is 11.4. The van der Waals surface area contributed by atoms with Crippen LogP contribution in [0.15, 0.2) is 48.5 Å². The lowest BCUT2D eigenvalue weighted by Gasteiger charge is -2.27. The number of benzene rings is 2. The van der Waals surface area contributed by atoms with Gasteiger partial charge in [-0.05, 0) is 35.7 Å². The summed E-state index contributed by atoms with van der Waals surface area (Å²) in [7, 11) is 0. The third-order valence-electron chi connectivity index (χ3n) is 3.66. The predicted octanol–water partition coefficient (Wildman–Crippen LogP) is 4.73. The van der Waals surface area contributed by atoms with E-state index in [9.17, 15) is 31.4 Å². The third-order valence-corrected chi connectivity index (χ3v) is 3.66. The summed E-state index contributed by atoms with van der Waals surface area (Å²) in [5.41, 5.74) is -3.48. The minimum Gasteiger partial charge on any atom is -0.368 e. The van der Waals surface area contributed by atoms with Crippen molar-refractivity contribution in [1.82, 2.24) is 5.32 Å². The molecule has 2 aromatic carbocycles. The molecule has 2 rings (SSSR count). The van der Waals surface area contributed by atoms with Crippen molar-refractivity contribution in [2.24, 2.45) is 0 Å². The second kappa shape index (κ2) is 6.68. The molecule has 2 aromatic rings. The van der Waals surface area contributed by atoms with Crippen LogP contribution in [0.3, 0.4) is 0 Å². The highest BCUT2D eigenvalue weighted by atomic mass is 19.4. The van der Waals surface area contributed by atoms with E-state index >= 15 is 0 Å². The first-order valence-corrected chi connectivity index (χ1v) is 7.21. The van der Waals surface area contributed by atoms with Crippen molar-refractivity contribution >= 4 is 0 Å². The topological polar surface area (TPSA) is 32.3 Å². The van der Waals surface area contributed by atoms with Gasteiger partial charge in [0.05, 0.1) is 5.56 Å². The van der Waals surface area contributed by atoms with Gasteiger partial charge in [0.2, 0.25) is 5.72 Å². The van der Waals surface area contributed by atoms with E-state index in [0.717, 1.165) is 6.07 Å². The van der Waals surface area contributed by atoms with E-state index in [1.54, 1.807) is 0 Å². The average Bonchev–Trinajstić information content (AvgIpc) is 2.51. The average molecular weight is 363 g/mol. The van der Waals surface area contributed by atoms with Crippen molar-refractivity contribution in [2.75, 3.05) is 0 Å². The summed E-state index contributed by atoms with van der Waals surface area (Å²) in [4.78, 5) is 0. The Morgan fingerprint density at radius 2 is 1.56 bits per heavy atom. The molecule has 25 heavy (non-hydrogen) atoms. The van der Waals surface area contributed by atoms with Crippen molar-refractivity contribution in [3.05, 3.63) is 59.7 Å². The Morgan fingerprint density at radius 1 is 0.920 bits per heavy atom. The van der Waals surface area contributed by atoms with Gasteiger partial charge in [0.15, 0.2) is 0 Å². The maximum Gasteiger partial charge on any atom is 0.430 e. The van der Waals surface area contributed by atoms with Gasteiger partial charge in [-0.1, -0.05) is 36.4 Å². The number of alkyl halides is 6. The summed E-state index contributed by atoms with van der Waals surface area (Å²) in [6, 6.07) is 10.6. The minimum atomic E-state index is -4.88. The smallest absolute Gasteiger partial charge is 0.368 e. The zero-order valence-electron chi connectivity index (χ0n) is 13.0. The molecule has 0 bridgehead atoms. The van der Waals surface area contributed by atoms with Gasteiger partial charge in [0.1, 0.15) is 0 Å². The standard InChI is InChI=1S/C17H15F6NO/c1-15(25,17(21,22)23)24-10-11-5-4-6-12(9-11)13-7-2-3-8-14(13)16(18,19)20/h2-9,24-25H,10H2,1H3. The van der Waals surface area contributed by atoms with Crippen LogP contribution in [-0.2, 0) is 12.7 Å². The Morgan fingerprint density at radius 3 is 2.16 bits per heavy atom. The fourth-order valence-electron chi connectivity index (χ4n) is 2.21. The molecule has 0 aliphatic heterocycles. The number of rotatable bonds is 4. The van der Waals surface area contributed by atoms with Gasteiger partial charge in [0, 0.05) is 6.54 Å². The molecule has 0 aliphatic rings. The van der Waals surface area contributed by atoms with Crippen molar-refractivity contribution in [2.45, 2.75) is 31.5 Å². The van der Waals surface area contributed by atoms with E-state index in [-0.39, 0.29) is 17.7 Å². The Kier molecular flexibility index (Phi) is 5.15. The van der Waals surface area contributed by atoms with E-state index in [1.807, 2.05) is 5.32 Å². The first kappa shape index (κ1) is 19.3. The highest BCUT2D eigenvalue weighted by Gasteiger charge is 2.49. The van der Waals surface area contributed by atoms with E-state index < -0.39 is 23.6 Å². The van der Waals surface area contributed by atoms with E-state index in [0.29, 0.717) is 12.5 Å². The van der Waals surface area contributed by atoms with Gasteiger partial charge in [0.25, 0.3) is 0 Å². The fraction of sp³-hybridized carbons (Fsp3) is 0.294. The number of halogens is 6. The summed E-state index contributed by atoms with van der Waals surface area (Å²) in [6.07, 6.45) is -9.43. The van der Waals surface area contributed by atoms with Gasteiger partial charge in [-0.25, -0.2) is 0 Å². The zero-order valence-corrected chi connectivity index (χ0v) is 13.0. The van der Waals surface area contributed by atoms with Gasteiger partial charge < -0.3 is 5.11 Å². The summed E-state index contributed by atoms with van der Waals surface area (Å²) in [5.74, 6) is 0. The molecular weight excluding hydrogens is 348 g/mol. The normalized spacial score (nSPS) is 15.0. The molecule has 0 spiro atoms. The van der Waals surface area contributed by atoms with Gasteiger partial charge in [-0.2, -0.15) is 26.3 Å². The molecular formula is C17H15F6NO. The summed E-state index contributed by atoms with van der Waals surface area (Å²) >= 11 is 0. The lowest BCUT2D eigenvalue weighted by molar-refractivity contribution is -0.265. The number of hydrogen-bond donors (Lipinski definition) is 2. The Labute approximate surface area is 140 Å². The van der Waals surface area contributed by atoms with Crippen LogP contribution in [0.4, 0.5) is 26.3 Å². The largest absolute Gasteiger partial charge is 0.430 e. The quantitative estimate of drug-likeness (QED) is 0.608. The lowest BCUT2D eigenvalue weighted by atomic mass is 9.97. The molecule has 136 valence electrons. The SMILES string of the molecule is CC(O)(NCc1cccc(-c2ccccc2C(F)(F)F)c1)C(F)(F)F. The van der Waals surface area contributed by atoms with Gasteiger partial charge in [-0.3, -0.25) is 5.32 Å². The highest BCUT2D eigenvalue weighted by Crippen LogP contribution is 2.37. The second-order valence-electron chi connectivity index (χ2n) is 5.67. The van der Waals surface area contributed by atoms with Crippen LogP contribution < -0.4 is 5.32 Å². The van der Waals surface area contributed by atoms with Crippen molar-refractivity contribution in [3.63, 3.8) is 0 Å². The highest BCUT2D eigenvalue weighted by molar-refractivity contribution is 5.68. The van der Waals surface area contributed by atoms with Crippen LogP contribution in [0.25, 0.3) is 11.1 Å². The predicted molar refractivity (Wildman–Crippen MR) is 80.4 cm³/mol. The lowest BCUT2D eigenvalue weighted by Crippen LogP contribution is -2.53. The number of aliphatic hydroxyl groups is 1. The molecule has 1 atom stereocenters. The second-order valence-corrected chi connectivity index (χ2v) is 5.67. The number of hydrogen-bond acceptors (Lipinski definition) is 2. The fourth-order valence-corrected chi connectivity index (χ4v) is 2.21.